The van der Waals surface area contributed by atoms with Gasteiger partial charge in [-0.25, -0.2) is 0 Å². The quantitative estimate of drug-likeness (QED) is 0.757. The summed E-state index contributed by atoms with van der Waals surface area (Å²) in [4.78, 5) is 0. The third-order valence-corrected chi connectivity index (χ3v) is 4.45. The lowest BCUT2D eigenvalue weighted by atomic mass is 10.1. The fourth-order valence-electron chi connectivity index (χ4n) is 2.77. The highest BCUT2D eigenvalue weighted by molar-refractivity contribution is 7.80. The lowest BCUT2D eigenvalue weighted by Gasteiger charge is -2.23. The molecule has 1 saturated heterocycles. The molecule has 0 saturated carbocycles. The molecule has 1 aliphatic heterocycles. The molecule has 5 heteroatoms. The second-order valence-corrected chi connectivity index (χ2v) is 6.28. The Morgan fingerprint density at radius 1 is 0.833 bits per heavy atom. The van der Waals surface area contributed by atoms with Crippen molar-refractivity contribution in [2.24, 2.45) is 0 Å². The van der Waals surface area contributed by atoms with Crippen LogP contribution in [0.15, 0.2) is 60.7 Å². The van der Waals surface area contributed by atoms with Gasteiger partial charge in [-0.1, -0.05) is 60.7 Å². The maximum absolute atomic E-state index is 9.56. The van der Waals surface area contributed by atoms with Gasteiger partial charge in [-0.05, 0) is 11.1 Å². The van der Waals surface area contributed by atoms with Gasteiger partial charge in [0.15, 0.2) is 0 Å². The number of ether oxygens (including phenoxy) is 3. The van der Waals surface area contributed by atoms with Crippen molar-refractivity contribution < 1.29 is 19.3 Å². The van der Waals surface area contributed by atoms with Crippen LogP contribution in [-0.4, -0.2) is 35.5 Å². The highest BCUT2D eigenvalue weighted by atomic mass is 32.1. The number of hydrogen-bond acceptors (Lipinski definition) is 5. The summed E-state index contributed by atoms with van der Waals surface area (Å²) in [6.45, 7) is 0.772. The number of hydrogen-bond donors (Lipinski definition) is 2. The Morgan fingerprint density at radius 3 is 1.83 bits per heavy atom. The largest absolute Gasteiger partial charge is 0.394 e. The summed E-state index contributed by atoms with van der Waals surface area (Å²) >= 11 is 4.45. The molecular formula is C19H22O4S. The molecule has 0 unspecified atom stereocenters. The zero-order valence-electron chi connectivity index (χ0n) is 13.3. The van der Waals surface area contributed by atoms with Gasteiger partial charge in [0.05, 0.1) is 19.8 Å². The molecule has 1 aliphatic rings. The van der Waals surface area contributed by atoms with Gasteiger partial charge in [0.2, 0.25) is 0 Å². The van der Waals surface area contributed by atoms with Gasteiger partial charge in [0.1, 0.15) is 23.7 Å². The summed E-state index contributed by atoms with van der Waals surface area (Å²) in [5.74, 6) is 0. The molecule has 0 aromatic heterocycles. The molecule has 1 N–H and O–H groups in total. The lowest BCUT2D eigenvalue weighted by Crippen LogP contribution is -2.37. The molecule has 0 bridgehead atoms. The van der Waals surface area contributed by atoms with Crippen LogP contribution in [0.25, 0.3) is 0 Å². The first-order chi connectivity index (χ1) is 11.8. The van der Waals surface area contributed by atoms with Crippen LogP contribution in [-0.2, 0) is 27.4 Å². The van der Waals surface area contributed by atoms with Gasteiger partial charge < -0.3 is 19.3 Å². The highest BCUT2D eigenvalue weighted by Crippen LogP contribution is 2.30. The number of aliphatic hydroxyl groups excluding tert-OH is 1. The van der Waals surface area contributed by atoms with Gasteiger partial charge in [-0.2, -0.15) is 0 Å². The predicted molar refractivity (Wildman–Crippen MR) is 94.8 cm³/mol. The molecule has 4 nitrogen and oxygen atoms in total. The number of aliphatic hydroxyl groups is 1. The van der Waals surface area contributed by atoms with Crippen LogP contribution in [0.5, 0.6) is 0 Å². The smallest absolute Gasteiger partial charge is 0.129 e. The lowest BCUT2D eigenvalue weighted by molar-refractivity contribution is -0.0816. The molecule has 3 rings (SSSR count). The van der Waals surface area contributed by atoms with E-state index in [2.05, 4.69) is 12.6 Å². The van der Waals surface area contributed by atoms with E-state index in [1.165, 1.54) is 0 Å². The summed E-state index contributed by atoms with van der Waals surface area (Å²) in [5, 5.41) is 9.56. The van der Waals surface area contributed by atoms with Crippen LogP contribution in [0.4, 0.5) is 0 Å². The van der Waals surface area contributed by atoms with Crippen LogP contribution >= 0.6 is 12.6 Å². The zero-order chi connectivity index (χ0) is 16.8. The minimum absolute atomic E-state index is 0.123. The summed E-state index contributed by atoms with van der Waals surface area (Å²) < 4.78 is 17.7. The number of thiol groups is 1. The van der Waals surface area contributed by atoms with Gasteiger partial charge in [0.25, 0.3) is 0 Å². The van der Waals surface area contributed by atoms with Crippen molar-refractivity contribution >= 4 is 12.6 Å². The standard InChI is InChI=1S/C19H22O4S/c20-11-16-17(21-12-14-7-3-1-4-8-14)18(19(24)23-16)22-13-15-9-5-2-6-10-15/h1-10,16-20,24H,11-13H2/t16-,17+,18-,19+/m0/s1. The molecule has 128 valence electrons. The van der Waals surface area contributed by atoms with E-state index in [1.807, 2.05) is 60.7 Å². The van der Waals surface area contributed by atoms with Crippen molar-refractivity contribution in [2.45, 2.75) is 37.0 Å². The van der Waals surface area contributed by atoms with Gasteiger partial charge >= 0.3 is 0 Å². The van der Waals surface area contributed by atoms with Gasteiger partial charge in [-0.15, -0.1) is 12.6 Å². The van der Waals surface area contributed by atoms with Crippen molar-refractivity contribution in [1.29, 1.82) is 0 Å². The van der Waals surface area contributed by atoms with Gasteiger partial charge in [0, 0.05) is 0 Å². The molecule has 0 spiro atoms. The van der Waals surface area contributed by atoms with Crippen LogP contribution in [0.2, 0.25) is 0 Å². The van der Waals surface area contributed by atoms with E-state index in [9.17, 15) is 5.11 Å². The SMILES string of the molecule is OC[C@@H]1O[C@H](S)[C@@H](OCc2ccccc2)[C@@H]1OCc1ccccc1. The van der Waals surface area contributed by atoms with E-state index < -0.39 is 11.5 Å². The Balaban J connectivity index is 1.63. The monoisotopic (exact) mass is 346 g/mol. The van der Waals surface area contributed by atoms with Crippen molar-refractivity contribution in [3.63, 3.8) is 0 Å². The van der Waals surface area contributed by atoms with Crippen LogP contribution in [0.3, 0.4) is 0 Å². The molecule has 1 fully saturated rings. The topological polar surface area (TPSA) is 47.9 Å². The Hall–Kier alpha value is -1.37. The normalized spacial score (nSPS) is 26.6. The summed E-state index contributed by atoms with van der Waals surface area (Å²) in [6.07, 6.45) is -1.13. The Bertz CT molecular complexity index is 607. The van der Waals surface area contributed by atoms with E-state index in [4.69, 9.17) is 14.2 Å². The molecule has 4 atom stereocenters. The molecule has 1 heterocycles. The van der Waals surface area contributed by atoms with Crippen molar-refractivity contribution in [1.82, 2.24) is 0 Å². The third kappa shape index (κ3) is 4.37. The summed E-state index contributed by atoms with van der Waals surface area (Å²) in [7, 11) is 0. The molecule has 0 radical (unpaired) electrons. The average Bonchev–Trinajstić information content (AvgIpc) is 2.94. The van der Waals surface area contributed by atoms with Crippen LogP contribution in [0.1, 0.15) is 11.1 Å². The first-order valence-electron chi connectivity index (χ1n) is 8.03. The summed E-state index contributed by atoms with van der Waals surface area (Å²) in [6, 6.07) is 19.8. The first-order valence-corrected chi connectivity index (χ1v) is 8.55. The molecule has 0 amide bonds. The van der Waals surface area contributed by atoms with Crippen molar-refractivity contribution in [3.8, 4) is 0 Å². The first kappa shape index (κ1) is 17.5. The predicted octanol–water partition coefficient (Wildman–Crippen LogP) is 2.80. The zero-order valence-corrected chi connectivity index (χ0v) is 14.2. The minimum Gasteiger partial charge on any atom is -0.394 e. The fraction of sp³-hybridized carbons (Fsp3) is 0.368. The van der Waals surface area contributed by atoms with E-state index in [-0.39, 0.29) is 18.8 Å². The van der Waals surface area contributed by atoms with E-state index in [1.54, 1.807) is 0 Å². The maximum Gasteiger partial charge on any atom is 0.129 e. The number of benzene rings is 2. The molecule has 2 aromatic rings. The Morgan fingerprint density at radius 2 is 1.33 bits per heavy atom. The third-order valence-electron chi connectivity index (χ3n) is 4.04. The van der Waals surface area contributed by atoms with Crippen LogP contribution < -0.4 is 0 Å². The number of rotatable bonds is 7. The second kappa shape index (κ2) is 8.65. The van der Waals surface area contributed by atoms with E-state index in [0.717, 1.165) is 11.1 Å². The Labute approximate surface area is 147 Å². The van der Waals surface area contributed by atoms with Crippen molar-refractivity contribution in [3.05, 3.63) is 71.8 Å². The molecule has 0 aliphatic carbocycles. The van der Waals surface area contributed by atoms with Crippen molar-refractivity contribution in [2.75, 3.05) is 6.61 Å². The average molecular weight is 346 g/mol. The molecule has 24 heavy (non-hydrogen) atoms. The molecular weight excluding hydrogens is 324 g/mol. The Kier molecular flexibility index (Phi) is 6.29. The van der Waals surface area contributed by atoms with E-state index in [0.29, 0.717) is 13.2 Å². The second-order valence-electron chi connectivity index (χ2n) is 5.77. The molecule has 2 aromatic carbocycles. The fourth-order valence-corrected chi connectivity index (χ4v) is 3.18. The maximum atomic E-state index is 9.56. The summed E-state index contributed by atoms with van der Waals surface area (Å²) in [5.41, 5.74) is 1.72. The van der Waals surface area contributed by atoms with E-state index >= 15 is 0 Å². The minimum atomic E-state index is -0.433. The van der Waals surface area contributed by atoms with Crippen LogP contribution in [0, 0.1) is 0 Å². The van der Waals surface area contributed by atoms with Gasteiger partial charge in [-0.3, -0.25) is 0 Å². The highest BCUT2D eigenvalue weighted by Gasteiger charge is 2.44.